The normalized spacial score (nSPS) is 36.6. The number of fused-ring (bicyclic) bond motifs is 1. The fraction of sp³-hybridized carbons (Fsp3) is 0.733. The van der Waals surface area contributed by atoms with Gasteiger partial charge in [0.1, 0.15) is 0 Å². The van der Waals surface area contributed by atoms with Gasteiger partial charge in [-0.1, -0.05) is 55.9 Å². The van der Waals surface area contributed by atoms with E-state index in [9.17, 15) is 5.11 Å². The summed E-state index contributed by atoms with van der Waals surface area (Å²) in [7, 11) is 3.55. The van der Waals surface area contributed by atoms with Crippen molar-refractivity contribution in [3.63, 3.8) is 0 Å². The van der Waals surface area contributed by atoms with Crippen LogP contribution in [0.2, 0.25) is 0 Å². The molecule has 0 aromatic heterocycles. The minimum absolute atomic E-state index is 0.0313. The zero-order valence-electron chi connectivity index (χ0n) is 22.0. The third kappa shape index (κ3) is 5.92. The van der Waals surface area contributed by atoms with Crippen LogP contribution in [0.5, 0.6) is 0 Å². The molecule has 3 heteroatoms. The van der Waals surface area contributed by atoms with Crippen molar-refractivity contribution in [2.24, 2.45) is 29.1 Å². The molecule has 0 aromatic carbocycles. The number of allylic oxidation sites excluding steroid dienone is 4. The van der Waals surface area contributed by atoms with Gasteiger partial charge in [-0.3, -0.25) is 0 Å². The summed E-state index contributed by atoms with van der Waals surface area (Å²) in [6.45, 7) is 13.6. The van der Waals surface area contributed by atoms with Crippen LogP contribution in [0.4, 0.5) is 0 Å². The highest BCUT2D eigenvalue weighted by Gasteiger charge is 2.50. The van der Waals surface area contributed by atoms with E-state index in [1.807, 2.05) is 0 Å². The average molecular weight is 457 g/mol. The Morgan fingerprint density at radius 3 is 2.64 bits per heavy atom. The summed E-state index contributed by atoms with van der Waals surface area (Å²) in [6.07, 6.45) is 18.9. The second-order valence-electron chi connectivity index (χ2n) is 11.7. The summed E-state index contributed by atoms with van der Waals surface area (Å²) in [5.41, 5.74) is 4.39. The SMILES string of the molecule is C=C1[C@H](CO)C/C(=C/C=C2\CCC[C@]3(C)[C@@H]([C@@H](C)/C=C/CC(C)(C)OC)CC[C@@H]23)C[C@H]1OC. The molecule has 1 N–H and O–H groups in total. The Morgan fingerprint density at radius 1 is 1.21 bits per heavy atom. The third-order valence-electron chi connectivity index (χ3n) is 9.21. The summed E-state index contributed by atoms with van der Waals surface area (Å²) in [4.78, 5) is 0. The van der Waals surface area contributed by atoms with E-state index in [0.717, 1.165) is 30.8 Å². The summed E-state index contributed by atoms with van der Waals surface area (Å²) in [5.74, 6) is 2.17. The number of aliphatic hydroxyl groups excluding tert-OH is 1. The van der Waals surface area contributed by atoms with Crippen molar-refractivity contribution in [2.75, 3.05) is 20.8 Å². The van der Waals surface area contributed by atoms with Gasteiger partial charge in [0.05, 0.1) is 11.7 Å². The third-order valence-corrected chi connectivity index (χ3v) is 9.21. The monoisotopic (exact) mass is 456 g/mol. The van der Waals surface area contributed by atoms with Gasteiger partial charge in [-0.2, -0.15) is 0 Å². The van der Waals surface area contributed by atoms with Crippen molar-refractivity contribution in [1.82, 2.24) is 0 Å². The fourth-order valence-corrected chi connectivity index (χ4v) is 6.87. The first kappa shape index (κ1) is 26.4. The van der Waals surface area contributed by atoms with Crippen molar-refractivity contribution >= 4 is 0 Å². The molecule has 0 unspecified atom stereocenters. The fourth-order valence-electron chi connectivity index (χ4n) is 6.87. The summed E-state index contributed by atoms with van der Waals surface area (Å²) in [6, 6.07) is 0. The van der Waals surface area contributed by atoms with E-state index < -0.39 is 0 Å². The van der Waals surface area contributed by atoms with Crippen molar-refractivity contribution in [3.05, 3.63) is 47.6 Å². The molecule has 3 fully saturated rings. The van der Waals surface area contributed by atoms with Crippen LogP contribution >= 0.6 is 0 Å². The molecule has 0 spiro atoms. The molecule has 0 saturated heterocycles. The average Bonchev–Trinajstić information content (AvgIpc) is 3.15. The molecule has 186 valence electrons. The Labute approximate surface area is 203 Å². The molecule has 0 bridgehead atoms. The first-order valence-corrected chi connectivity index (χ1v) is 13.1. The predicted octanol–water partition coefficient (Wildman–Crippen LogP) is 7.04. The molecule has 3 aliphatic rings. The van der Waals surface area contributed by atoms with Crippen LogP contribution in [0.3, 0.4) is 0 Å². The summed E-state index contributed by atoms with van der Waals surface area (Å²) >= 11 is 0. The lowest BCUT2D eigenvalue weighted by Gasteiger charge is -2.44. The van der Waals surface area contributed by atoms with Gasteiger partial charge in [0.15, 0.2) is 0 Å². The molecule has 0 aliphatic heterocycles. The van der Waals surface area contributed by atoms with E-state index in [-0.39, 0.29) is 24.2 Å². The van der Waals surface area contributed by atoms with Gasteiger partial charge in [-0.15, -0.1) is 0 Å². The number of ether oxygens (including phenoxy) is 2. The van der Waals surface area contributed by atoms with Gasteiger partial charge in [-0.05, 0) is 94.0 Å². The number of hydrogen-bond donors (Lipinski definition) is 1. The van der Waals surface area contributed by atoms with Crippen molar-refractivity contribution in [1.29, 1.82) is 0 Å². The van der Waals surface area contributed by atoms with Gasteiger partial charge in [0, 0.05) is 26.7 Å². The Hall–Kier alpha value is -1.16. The maximum absolute atomic E-state index is 9.80. The molecule has 0 radical (unpaired) electrons. The Kier molecular flexibility index (Phi) is 8.86. The number of aliphatic hydroxyl groups is 1. The minimum atomic E-state index is -0.0884. The van der Waals surface area contributed by atoms with Crippen LogP contribution < -0.4 is 0 Å². The smallest absolute Gasteiger partial charge is 0.0819 e. The number of rotatable bonds is 8. The first-order valence-electron chi connectivity index (χ1n) is 13.1. The Morgan fingerprint density at radius 2 is 1.97 bits per heavy atom. The molecule has 0 amide bonds. The van der Waals surface area contributed by atoms with Gasteiger partial charge >= 0.3 is 0 Å². The predicted molar refractivity (Wildman–Crippen MR) is 138 cm³/mol. The first-order chi connectivity index (χ1) is 15.6. The van der Waals surface area contributed by atoms with Gasteiger partial charge in [-0.25, -0.2) is 0 Å². The maximum Gasteiger partial charge on any atom is 0.0819 e. The van der Waals surface area contributed by atoms with Crippen molar-refractivity contribution in [3.8, 4) is 0 Å². The van der Waals surface area contributed by atoms with Crippen molar-refractivity contribution in [2.45, 2.75) is 90.8 Å². The van der Waals surface area contributed by atoms with Crippen LogP contribution in [0, 0.1) is 29.1 Å². The molecular weight excluding hydrogens is 408 g/mol. The van der Waals surface area contributed by atoms with Crippen LogP contribution in [0.25, 0.3) is 0 Å². The minimum Gasteiger partial charge on any atom is -0.396 e. The molecule has 3 nitrogen and oxygen atoms in total. The highest BCUT2D eigenvalue weighted by atomic mass is 16.5. The molecule has 33 heavy (non-hydrogen) atoms. The molecule has 3 aliphatic carbocycles. The highest BCUT2D eigenvalue weighted by Crippen LogP contribution is 2.59. The molecule has 6 atom stereocenters. The van der Waals surface area contributed by atoms with E-state index in [4.69, 9.17) is 9.47 Å². The topological polar surface area (TPSA) is 38.7 Å². The zero-order chi connectivity index (χ0) is 24.2. The molecule has 0 aromatic rings. The quantitative estimate of drug-likeness (QED) is 0.398. The lowest BCUT2D eigenvalue weighted by atomic mass is 9.61. The largest absolute Gasteiger partial charge is 0.396 e. The summed E-state index contributed by atoms with van der Waals surface area (Å²) in [5, 5.41) is 9.80. The lowest BCUT2D eigenvalue weighted by Crippen LogP contribution is -2.35. The van der Waals surface area contributed by atoms with E-state index in [1.165, 1.54) is 37.7 Å². The van der Waals surface area contributed by atoms with E-state index in [2.05, 4.69) is 58.6 Å². The molecular formula is C30H48O3. The number of methoxy groups -OCH3 is 2. The highest BCUT2D eigenvalue weighted by molar-refractivity contribution is 5.29. The second kappa shape index (κ2) is 11.1. The zero-order valence-corrected chi connectivity index (χ0v) is 22.0. The standard InChI is InChI=1S/C30H48O3/c1-21(10-8-16-29(3,4)33-7)26-14-15-27-24(11-9-17-30(26,27)5)13-12-23-18-25(20-31)22(2)28(19-23)32-6/h8,10,12-13,21,25-28,31H,2,9,11,14-20H2,1,3-7H3/b10-8+,23-12-,24-13+/t21-,25-,26+,27-,28+,30+/m0/s1. The summed E-state index contributed by atoms with van der Waals surface area (Å²) < 4.78 is 11.2. The van der Waals surface area contributed by atoms with Gasteiger partial charge in [0.2, 0.25) is 0 Å². The Bertz CT molecular complexity index is 755. The van der Waals surface area contributed by atoms with Crippen LogP contribution in [-0.2, 0) is 9.47 Å². The van der Waals surface area contributed by atoms with Crippen LogP contribution in [0.1, 0.15) is 79.1 Å². The molecule has 3 rings (SSSR count). The molecule has 3 saturated carbocycles. The van der Waals surface area contributed by atoms with Crippen LogP contribution in [-0.4, -0.2) is 37.6 Å². The number of hydrogen-bond acceptors (Lipinski definition) is 3. The van der Waals surface area contributed by atoms with E-state index in [1.54, 1.807) is 19.8 Å². The maximum atomic E-state index is 9.80. The van der Waals surface area contributed by atoms with E-state index in [0.29, 0.717) is 17.3 Å². The lowest BCUT2D eigenvalue weighted by molar-refractivity contribution is 0.0253. The van der Waals surface area contributed by atoms with Crippen LogP contribution in [0.15, 0.2) is 47.6 Å². The van der Waals surface area contributed by atoms with Gasteiger partial charge < -0.3 is 14.6 Å². The van der Waals surface area contributed by atoms with Gasteiger partial charge in [0.25, 0.3) is 0 Å². The van der Waals surface area contributed by atoms with Crippen molar-refractivity contribution < 1.29 is 14.6 Å². The van der Waals surface area contributed by atoms with E-state index >= 15 is 0 Å². The molecule has 0 heterocycles. The Balaban J connectivity index is 1.72. The second-order valence-corrected chi connectivity index (χ2v) is 11.7.